The summed E-state index contributed by atoms with van der Waals surface area (Å²) < 4.78 is 0. The van der Waals surface area contributed by atoms with Gasteiger partial charge in [0.15, 0.2) is 0 Å². The van der Waals surface area contributed by atoms with E-state index in [4.69, 9.17) is 16.9 Å². The SMILES string of the molecule is Cc1ccc2c(C#N)c(Cl)[nH]c2c1C. The van der Waals surface area contributed by atoms with Crippen LogP contribution in [-0.4, -0.2) is 4.98 Å². The van der Waals surface area contributed by atoms with Crippen molar-refractivity contribution in [2.75, 3.05) is 0 Å². The Morgan fingerprint density at radius 3 is 2.71 bits per heavy atom. The Hall–Kier alpha value is -1.46. The zero-order chi connectivity index (χ0) is 10.3. The van der Waals surface area contributed by atoms with Gasteiger partial charge in [0.05, 0.1) is 11.1 Å². The molecule has 1 aromatic carbocycles. The molecule has 1 heterocycles. The summed E-state index contributed by atoms with van der Waals surface area (Å²) in [4.78, 5) is 3.03. The highest BCUT2D eigenvalue weighted by atomic mass is 35.5. The molecule has 1 N–H and O–H groups in total. The lowest BCUT2D eigenvalue weighted by Crippen LogP contribution is -1.81. The fourth-order valence-electron chi connectivity index (χ4n) is 1.59. The molecule has 0 aliphatic heterocycles. The van der Waals surface area contributed by atoms with Crippen LogP contribution < -0.4 is 0 Å². The summed E-state index contributed by atoms with van der Waals surface area (Å²) in [6, 6.07) is 6.03. The summed E-state index contributed by atoms with van der Waals surface area (Å²) in [7, 11) is 0. The van der Waals surface area contributed by atoms with Crippen molar-refractivity contribution in [3.05, 3.63) is 34.0 Å². The molecule has 70 valence electrons. The molecule has 2 rings (SSSR count). The van der Waals surface area contributed by atoms with Gasteiger partial charge in [0, 0.05) is 5.39 Å². The molecule has 0 unspecified atom stereocenters. The molecule has 0 fully saturated rings. The quantitative estimate of drug-likeness (QED) is 0.703. The van der Waals surface area contributed by atoms with Crippen LogP contribution >= 0.6 is 11.6 Å². The molecule has 0 atom stereocenters. The third-order valence-electron chi connectivity index (χ3n) is 2.57. The van der Waals surface area contributed by atoms with Gasteiger partial charge in [-0.25, -0.2) is 0 Å². The van der Waals surface area contributed by atoms with Gasteiger partial charge in [-0.2, -0.15) is 5.26 Å². The van der Waals surface area contributed by atoms with Crippen molar-refractivity contribution in [2.24, 2.45) is 0 Å². The van der Waals surface area contributed by atoms with E-state index < -0.39 is 0 Å². The van der Waals surface area contributed by atoms with Gasteiger partial charge in [0.1, 0.15) is 11.2 Å². The maximum absolute atomic E-state index is 8.91. The lowest BCUT2D eigenvalue weighted by molar-refractivity contribution is 1.34. The molecule has 0 spiro atoms. The minimum absolute atomic E-state index is 0.427. The summed E-state index contributed by atoms with van der Waals surface area (Å²) in [5, 5.41) is 10.2. The van der Waals surface area contributed by atoms with Gasteiger partial charge in [0.25, 0.3) is 0 Å². The predicted octanol–water partition coefficient (Wildman–Crippen LogP) is 3.31. The van der Waals surface area contributed by atoms with Crippen LogP contribution in [0, 0.1) is 25.2 Å². The maximum Gasteiger partial charge on any atom is 0.125 e. The molecule has 0 aliphatic rings. The summed E-state index contributed by atoms with van der Waals surface area (Å²) in [6.07, 6.45) is 0. The number of hydrogen-bond acceptors (Lipinski definition) is 1. The minimum atomic E-state index is 0.427. The number of nitrogens with zero attached hydrogens (tertiary/aromatic N) is 1. The van der Waals surface area contributed by atoms with E-state index in [1.54, 1.807) is 0 Å². The third kappa shape index (κ3) is 1.10. The highest BCUT2D eigenvalue weighted by Crippen LogP contribution is 2.28. The van der Waals surface area contributed by atoms with Crippen LogP contribution in [0.4, 0.5) is 0 Å². The minimum Gasteiger partial charge on any atom is -0.344 e. The summed E-state index contributed by atoms with van der Waals surface area (Å²) in [5.74, 6) is 0. The molecule has 1 aromatic heterocycles. The monoisotopic (exact) mass is 204 g/mol. The molecular formula is C11H9ClN2. The number of nitriles is 1. The highest BCUT2D eigenvalue weighted by Gasteiger charge is 2.11. The van der Waals surface area contributed by atoms with Crippen LogP contribution in [0.5, 0.6) is 0 Å². The Bertz CT molecular complexity index is 546. The second-order valence-electron chi connectivity index (χ2n) is 3.36. The summed E-state index contributed by atoms with van der Waals surface area (Å²) in [5.41, 5.74) is 3.84. The van der Waals surface area contributed by atoms with Crippen molar-refractivity contribution in [2.45, 2.75) is 13.8 Å². The average molecular weight is 205 g/mol. The van der Waals surface area contributed by atoms with Crippen molar-refractivity contribution in [3.63, 3.8) is 0 Å². The molecule has 0 bridgehead atoms. The smallest absolute Gasteiger partial charge is 0.125 e. The van der Waals surface area contributed by atoms with E-state index in [1.807, 2.05) is 26.0 Å². The average Bonchev–Trinajstić information content (AvgIpc) is 2.49. The second-order valence-corrected chi connectivity index (χ2v) is 3.73. The van der Waals surface area contributed by atoms with E-state index in [2.05, 4.69) is 11.1 Å². The molecule has 2 nitrogen and oxygen atoms in total. The first kappa shape index (κ1) is 9.11. The van der Waals surface area contributed by atoms with E-state index in [-0.39, 0.29) is 0 Å². The number of hydrogen-bond donors (Lipinski definition) is 1. The van der Waals surface area contributed by atoms with Gasteiger partial charge in [-0.1, -0.05) is 23.7 Å². The van der Waals surface area contributed by atoms with Crippen LogP contribution in [0.15, 0.2) is 12.1 Å². The normalized spacial score (nSPS) is 10.4. The van der Waals surface area contributed by atoms with Gasteiger partial charge in [0.2, 0.25) is 0 Å². The lowest BCUT2D eigenvalue weighted by Gasteiger charge is -2.00. The molecule has 0 amide bonds. The van der Waals surface area contributed by atoms with E-state index in [0.29, 0.717) is 10.7 Å². The highest BCUT2D eigenvalue weighted by molar-refractivity contribution is 6.32. The molecule has 0 saturated heterocycles. The van der Waals surface area contributed by atoms with Gasteiger partial charge in [-0.3, -0.25) is 0 Å². The Balaban J connectivity index is 2.96. The first-order valence-electron chi connectivity index (χ1n) is 4.32. The summed E-state index contributed by atoms with van der Waals surface area (Å²) >= 11 is 5.91. The Morgan fingerprint density at radius 1 is 1.36 bits per heavy atom. The number of aromatic nitrogens is 1. The van der Waals surface area contributed by atoms with Crippen LogP contribution in [0.25, 0.3) is 10.9 Å². The molecule has 3 heteroatoms. The number of halogens is 1. The molecule has 0 saturated carbocycles. The molecule has 2 aromatic rings. The largest absolute Gasteiger partial charge is 0.344 e. The van der Waals surface area contributed by atoms with E-state index in [9.17, 15) is 0 Å². The number of nitrogens with one attached hydrogen (secondary N) is 1. The maximum atomic E-state index is 8.91. The van der Waals surface area contributed by atoms with Crippen LogP contribution in [-0.2, 0) is 0 Å². The number of rotatable bonds is 0. The second kappa shape index (κ2) is 3.04. The number of benzene rings is 1. The summed E-state index contributed by atoms with van der Waals surface area (Å²) in [6.45, 7) is 4.06. The lowest BCUT2D eigenvalue weighted by atomic mass is 10.1. The molecule has 14 heavy (non-hydrogen) atoms. The van der Waals surface area contributed by atoms with E-state index in [1.165, 1.54) is 5.56 Å². The van der Waals surface area contributed by atoms with Gasteiger partial charge < -0.3 is 4.98 Å². The van der Waals surface area contributed by atoms with Crippen molar-refractivity contribution in [3.8, 4) is 6.07 Å². The fourth-order valence-corrected chi connectivity index (χ4v) is 1.82. The standard InChI is InChI=1S/C11H9ClN2/c1-6-3-4-8-9(5-13)11(12)14-10(8)7(6)2/h3-4,14H,1-2H3. The Morgan fingerprint density at radius 2 is 2.07 bits per heavy atom. The van der Waals surface area contributed by atoms with Gasteiger partial charge in [-0.05, 0) is 25.0 Å². The first-order chi connectivity index (χ1) is 6.65. The molecular weight excluding hydrogens is 196 g/mol. The van der Waals surface area contributed by atoms with Gasteiger partial charge in [-0.15, -0.1) is 0 Å². The van der Waals surface area contributed by atoms with E-state index in [0.717, 1.165) is 16.5 Å². The molecule has 0 aliphatic carbocycles. The predicted molar refractivity (Wildman–Crippen MR) is 57.5 cm³/mol. The van der Waals surface area contributed by atoms with Crippen molar-refractivity contribution in [1.29, 1.82) is 5.26 Å². The van der Waals surface area contributed by atoms with E-state index >= 15 is 0 Å². The zero-order valence-electron chi connectivity index (χ0n) is 7.98. The Labute approximate surface area is 87.1 Å². The number of H-pyrrole nitrogens is 1. The number of fused-ring (bicyclic) bond motifs is 1. The fraction of sp³-hybridized carbons (Fsp3) is 0.182. The zero-order valence-corrected chi connectivity index (χ0v) is 8.74. The van der Waals surface area contributed by atoms with Crippen LogP contribution in [0.2, 0.25) is 5.15 Å². The topological polar surface area (TPSA) is 39.6 Å². The first-order valence-corrected chi connectivity index (χ1v) is 4.70. The van der Waals surface area contributed by atoms with Crippen LogP contribution in [0.1, 0.15) is 16.7 Å². The number of aryl methyl sites for hydroxylation is 2. The van der Waals surface area contributed by atoms with Crippen molar-refractivity contribution >= 4 is 22.5 Å². The van der Waals surface area contributed by atoms with Crippen molar-refractivity contribution in [1.82, 2.24) is 4.98 Å². The van der Waals surface area contributed by atoms with Crippen molar-refractivity contribution < 1.29 is 0 Å². The third-order valence-corrected chi connectivity index (χ3v) is 2.85. The Kier molecular flexibility index (Phi) is 1.98. The molecule has 0 radical (unpaired) electrons. The van der Waals surface area contributed by atoms with Crippen LogP contribution in [0.3, 0.4) is 0 Å². The van der Waals surface area contributed by atoms with Gasteiger partial charge >= 0.3 is 0 Å². The number of aromatic amines is 1.